The fourth-order valence-corrected chi connectivity index (χ4v) is 2.25. The molecule has 0 aliphatic rings. The first-order valence-electron chi connectivity index (χ1n) is 7.49. The van der Waals surface area contributed by atoms with E-state index in [0.717, 1.165) is 17.5 Å². The van der Waals surface area contributed by atoms with Crippen LogP contribution < -0.4 is 5.48 Å². The minimum atomic E-state index is -0.522. The highest BCUT2D eigenvalue weighted by atomic mass is 35.5. The first-order valence-corrected chi connectivity index (χ1v) is 7.87. The highest BCUT2D eigenvalue weighted by molar-refractivity contribution is 6.33. The number of carbonyl (C=O) groups is 1. The summed E-state index contributed by atoms with van der Waals surface area (Å²) in [5.41, 5.74) is 4.08. The summed E-state index contributed by atoms with van der Waals surface area (Å²) in [5.74, 6) is -0.293. The minimum Gasteiger partial charge on any atom is -0.506 e. The van der Waals surface area contributed by atoms with Crippen LogP contribution in [0.5, 0.6) is 5.75 Å². The highest BCUT2D eigenvalue weighted by Gasteiger charge is 2.16. The number of hydrogen-bond acceptors (Lipinski definition) is 3. The second-order valence-corrected chi connectivity index (χ2v) is 6.09. The van der Waals surface area contributed by atoms with Crippen molar-refractivity contribution < 1.29 is 14.7 Å². The molecule has 0 aliphatic heterocycles. The topological polar surface area (TPSA) is 58.6 Å². The molecule has 0 unspecified atom stereocenters. The SMILES string of the molecule is CC(C)CCONC(=O)c1cc(-c2ccccc2)cc(Cl)c1O. The van der Waals surface area contributed by atoms with E-state index in [1.54, 1.807) is 12.1 Å². The molecule has 0 aliphatic carbocycles. The summed E-state index contributed by atoms with van der Waals surface area (Å²) in [6, 6.07) is 12.7. The van der Waals surface area contributed by atoms with Crippen LogP contribution >= 0.6 is 11.6 Å². The van der Waals surface area contributed by atoms with Crippen molar-refractivity contribution in [2.45, 2.75) is 20.3 Å². The second-order valence-electron chi connectivity index (χ2n) is 5.68. The van der Waals surface area contributed by atoms with Crippen LogP contribution in [-0.4, -0.2) is 17.6 Å². The third kappa shape index (κ3) is 4.71. The number of benzene rings is 2. The van der Waals surface area contributed by atoms with Crippen molar-refractivity contribution in [2.24, 2.45) is 5.92 Å². The monoisotopic (exact) mass is 333 g/mol. The molecular weight excluding hydrogens is 314 g/mol. The van der Waals surface area contributed by atoms with Crippen LogP contribution in [0, 0.1) is 5.92 Å². The average Bonchev–Trinajstić information content (AvgIpc) is 2.54. The van der Waals surface area contributed by atoms with Gasteiger partial charge < -0.3 is 5.11 Å². The molecule has 0 heterocycles. The Labute approximate surface area is 141 Å². The normalized spacial score (nSPS) is 10.8. The molecule has 2 aromatic carbocycles. The Morgan fingerprint density at radius 1 is 1.22 bits per heavy atom. The van der Waals surface area contributed by atoms with E-state index in [9.17, 15) is 9.90 Å². The molecule has 0 aromatic heterocycles. The number of amides is 1. The van der Waals surface area contributed by atoms with Gasteiger partial charge in [-0.3, -0.25) is 9.63 Å². The lowest BCUT2D eigenvalue weighted by Gasteiger charge is -2.11. The van der Waals surface area contributed by atoms with Crippen LogP contribution in [-0.2, 0) is 4.84 Å². The second kappa shape index (κ2) is 7.99. The number of nitrogens with one attached hydrogen (secondary N) is 1. The zero-order valence-corrected chi connectivity index (χ0v) is 13.9. The number of aromatic hydroxyl groups is 1. The van der Waals surface area contributed by atoms with Gasteiger partial charge in [-0.25, -0.2) is 5.48 Å². The summed E-state index contributed by atoms with van der Waals surface area (Å²) in [6.45, 7) is 4.55. The Morgan fingerprint density at radius 3 is 2.57 bits per heavy atom. The van der Waals surface area contributed by atoms with Gasteiger partial charge >= 0.3 is 0 Å². The maximum Gasteiger partial charge on any atom is 0.278 e. The predicted octanol–water partition coefficient (Wildman–Crippen LogP) is 4.42. The summed E-state index contributed by atoms with van der Waals surface area (Å²) < 4.78 is 0. The van der Waals surface area contributed by atoms with Gasteiger partial charge in [0.25, 0.3) is 5.91 Å². The van der Waals surface area contributed by atoms with E-state index in [1.165, 1.54) is 0 Å². The molecule has 0 saturated carbocycles. The Morgan fingerprint density at radius 2 is 1.91 bits per heavy atom. The Hall–Kier alpha value is -2.04. The maximum absolute atomic E-state index is 12.2. The van der Waals surface area contributed by atoms with E-state index in [4.69, 9.17) is 16.4 Å². The van der Waals surface area contributed by atoms with Gasteiger partial charge in [0.15, 0.2) is 0 Å². The standard InChI is InChI=1S/C18H20ClNO3/c1-12(2)8-9-23-20-18(22)15-10-14(11-16(19)17(15)21)13-6-4-3-5-7-13/h3-7,10-12,21H,8-9H2,1-2H3,(H,20,22). The maximum atomic E-state index is 12.2. The van der Waals surface area contributed by atoms with Gasteiger partial charge in [0.1, 0.15) is 5.75 Å². The number of halogens is 1. The number of hydroxylamine groups is 1. The zero-order valence-electron chi connectivity index (χ0n) is 13.2. The van der Waals surface area contributed by atoms with E-state index in [2.05, 4.69) is 19.3 Å². The van der Waals surface area contributed by atoms with Gasteiger partial charge in [0.2, 0.25) is 0 Å². The lowest BCUT2D eigenvalue weighted by atomic mass is 10.0. The Kier molecular flexibility index (Phi) is 6.02. The van der Waals surface area contributed by atoms with Crippen LogP contribution in [0.25, 0.3) is 11.1 Å². The average molecular weight is 334 g/mol. The molecule has 1 amide bonds. The van der Waals surface area contributed by atoms with Gasteiger partial charge in [-0.2, -0.15) is 0 Å². The molecule has 2 N–H and O–H groups in total. The molecule has 2 rings (SSSR count). The van der Waals surface area contributed by atoms with Gasteiger partial charge in [-0.05, 0) is 35.6 Å². The number of carbonyl (C=O) groups excluding carboxylic acids is 1. The Balaban J connectivity index is 2.18. The molecule has 0 spiro atoms. The van der Waals surface area contributed by atoms with Crippen molar-refractivity contribution in [3.05, 3.63) is 53.1 Å². The number of hydrogen-bond donors (Lipinski definition) is 2. The molecule has 122 valence electrons. The van der Waals surface area contributed by atoms with Crippen LogP contribution in [0.4, 0.5) is 0 Å². The molecule has 23 heavy (non-hydrogen) atoms. The predicted molar refractivity (Wildman–Crippen MR) is 91.4 cm³/mol. The van der Waals surface area contributed by atoms with Gasteiger partial charge in [0.05, 0.1) is 17.2 Å². The molecule has 0 saturated heterocycles. The number of phenolic OH excluding ortho intramolecular Hbond substituents is 1. The van der Waals surface area contributed by atoms with Gasteiger partial charge in [0, 0.05) is 0 Å². The first kappa shape index (κ1) is 17.3. The van der Waals surface area contributed by atoms with Crippen LogP contribution in [0.1, 0.15) is 30.6 Å². The smallest absolute Gasteiger partial charge is 0.278 e. The third-order valence-corrected chi connectivity index (χ3v) is 3.67. The minimum absolute atomic E-state index is 0.0842. The van der Waals surface area contributed by atoms with Crippen molar-refractivity contribution in [1.82, 2.24) is 5.48 Å². The van der Waals surface area contributed by atoms with Crippen molar-refractivity contribution in [3.8, 4) is 16.9 Å². The van der Waals surface area contributed by atoms with Crippen molar-refractivity contribution in [3.63, 3.8) is 0 Å². The molecule has 0 atom stereocenters. The lowest BCUT2D eigenvalue weighted by molar-refractivity contribution is 0.0272. The number of phenols is 1. The van der Waals surface area contributed by atoms with Gasteiger partial charge in [-0.1, -0.05) is 55.8 Å². The molecular formula is C18H20ClNO3. The molecule has 0 fully saturated rings. The van der Waals surface area contributed by atoms with Crippen molar-refractivity contribution >= 4 is 17.5 Å². The van der Waals surface area contributed by atoms with E-state index in [0.29, 0.717) is 12.5 Å². The Bertz CT molecular complexity index is 671. The summed E-state index contributed by atoms with van der Waals surface area (Å²) >= 11 is 6.05. The lowest BCUT2D eigenvalue weighted by Crippen LogP contribution is -2.24. The van der Waals surface area contributed by atoms with Crippen molar-refractivity contribution in [1.29, 1.82) is 0 Å². The molecule has 4 nitrogen and oxygen atoms in total. The zero-order chi connectivity index (χ0) is 16.8. The van der Waals surface area contributed by atoms with E-state index in [-0.39, 0.29) is 16.3 Å². The van der Waals surface area contributed by atoms with E-state index < -0.39 is 5.91 Å². The van der Waals surface area contributed by atoms with Crippen molar-refractivity contribution in [2.75, 3.05) is 6.61 Å². The molecule has 0 bridgehead atoms. The first-order chi connectivity index (χ1) is 11.0. The summed E-state index contributed by atoms with van der Waals surface area (Å²) in [7, 11) is 0. The number of rotatable bonds is 6. The quantitative estimate of drug-likeness (QED) is 0.607. The van der Waals surface area contributed by atoms with Gasteiger partial charge in [-0.15, -0.1) is 0 Å². The largest absolute Gasteiger partial charge is 0.506 e. The van der Waals surface area contributed by atoms with E-state index >= 15 is 0 Å². The molecule has 2 aromatic rings. The van der Waals surface area contributed by atoms with E-state index in [1.807, 2.05) is 30.3 Å². The fourth-order valence-electron chi connectivity index (χ4n) is 2.04. The van der Waals surface area contributed by atoms with Crippen LogP contribution in [0.3, 0.4) is 0 Å². The summed E-state index contributed by atoms with van der Waals surface area (Å²) in [5, 5.41) is 10.2. The fraction of sp³-hybridized carbons (Fsp3) is 0.278. The van der Waals surface area contributed by atoms with Crippen LogP contribution in [0.2, 0.25) is 5.02 Å². The molecule has 0 radical (unpaired) electrons. The molecule has 5 heteroatoms. The summed E-state index contributed by atoms with van der Waals surface area (Å²) in [4.78, 5) is 17.3. The highest BCUT2D eigenvalue weighted by Crippen LogP contribution is 2.33. The third-order valence-electron chi connectivity index (χ3n) is 3.38. The summed E-state index contributed by atoms with van der Waals surface area (Å²) in [6.07, 6.45) is 0.830. The van der Waals surface area contributed by atoms with Crippen LogP contribution in [0.15, 0.2) is 42.5 Å².